The standard InChI is InChI=1S/C14H22ClN3OS/c1-3-9(16)13(11-6-7-12(15)20-11)18-8-4-5-10(18)14(19)17-2/h6-7,9-10,13H,3-5,8,16H2,1-2H3,(H,17,19). The van der Waals surface area contributed by atoms with E-state index >= 15 is 0 Å². The Morgan fingerprint density at radius 3 is 2.95 bits per heavy atom. The third kappa shape index (κ3) is 3.17. The predicted octanol–water partition coefficient (Wildman–Crippen LogP) is 2.39. The van der Waals surface area contributed by atoms with Crippen LogP contribution in [-0.4, -0.2) is 36.5 Å². The molecule has 3 unspecified atom stereocenters. The summed E-state index contributed by atoms with van der Waals surface area (Å²) in [6, 6.07) is 3.94. The third-order valence-corrected chi connectivity index (χ3v) is 5.26. The lowest BCUT2D eigenvalue weighted by Crippen LogP contribution is -2.48. The fourth-order valence-corrected chi connectivity index (χ4v) is 4.16. The first-order valence-corrected chi connectivity index (χ1v) is 8.26. The van der Waals surface area contributed by atoms with Crippen LogP contribution in [0.5, 0.6) is 0 Å². The summed E-state index contributed by atoms with van der Waals surface area (Å²) >= 11 is 7.62. The van der Waals surface area contributed by atoms with E-state index in [4.69, 9.17) is 17.3 Å². The summed E-state index contributed by atoms with van der Waals surface area (Å²) in [4.78, 5) is 15.5. The van der Waals surface area contributed by atoms with Crippen LogP contribution in [0.3, 0.4) is 0 Å². The first-order chi connectivity index (χ1) is 9.58. The van der Waals surface area contributed by atoms with E-state index in [0.717, 1.165) is 35.0 Å². The average molecular weight is 316 g/mol. The van der Waals surface area contributed by atoms with Gasteiger partial charge in [0.15, 0.2) is 0 Å². The Hall–Kier alpha value is -0.620. The first-order valence-electron chi connectivity index (χ1n) is 7.06. The Kier molecular flexibility index (Phi) is 5.43. The molecule has 1 aliphatic heterocycles. The van der Waals surface area contributed by atoms with Gasteiger partial charge in [0, 0.05) is 18.0 Å². The Labute approximate surface area is 129 Å². The smallest absolute Gasteiger partial charge is 0.237 e. The quantitative estimate of drug-likeness (QED) is 0.877. The van der Waals surface area contributed by atoms with E-state index in [2.05, 4.69) is 17.1 Å². The second-order valence-corrected chi connectivity index (χ2v) is 6.92. The van der Waals surface area contributed by atoms with Crippen molar-refractivity contribution in [3.8, 4) is 0 Å². The van der Waals surface area contributed by atoms with Crippen molar-refractivity contribution in [1.29, 1.82) is 0 Å². The minimum atomic E-state index is -0.0801. The lowest BCUT2D eigenvalue weighted by Gasteiger charge is -2.35. The van der Waals surface area contributed by atoms with E-state index in [1.54, 1.807) is 18.4 Å². The van der Waals surface area contributed by atoms with Crippen molar-refractivity contribution in [2.45, 2.75) is 44.3 Å². The zero-order valence-corrected chi connectivity index (χ0v) is 13.5. The van der Waals surface area contributed by atoms with Crippen molar-refractivity contribution in [1.82, 2.24) is 10.2 Å². The van der Waals surface area contributed by atoms with E-state index in [1.807, 2.05) is 12.1 Å². The topological polar surface area (TPSA) is 58.4 Å². The molecule has 2 rings (SSSR count). The number of hydrogen-bond acceptors (Lipinski definition) is 4. The summed E-state index contributed by atoms with van der Waals surface area (Å²) in [7, 11) is 1.69. The average Bonchev–Trinajstić information content (AvgIpc) is 3.08. The van der Waals surface area contributed by atoms with Crippen LogP contribution in [-0.2, 0) is 4.79 Å². The molecule has 6 heteroatoms. The fourth-order valence-electron chi connectivity index (χ4n) is 2.90. The molecule has 0 bridgehead atoms. The summed E-state index contributed by atoms with van der Waals surface area (Å²) in [5.74, 6) is 0.0819. The van der Waals surface area contributed by atoms with Crippen molar-refractivity contribution in [2.24, 2.45) is 5.73 Å². The number of thiophene rings is 1. The number of nitrogens with two attached hydrogens (primary N) is 1. The highest BCUT2D eigenvalue weighted by Gasteiger charge is 2.38. The maximum Gasteiger partial charge on any atom is 0.237 e. The van der Waals surface area contributed by atoms with Crippen molar-refractivity contribution in [3.05, 3.63) is 21.3 Å². The second kappa shape index (κ2) is 6.89. The van der Waals surface area contributed by atoms with Gasteiger partial charge in [0.1, 0.15) is 0 Å². The molecule has 3 N–H and O–H groups in total. The SMILES string of the molecule is CCC(N)C(c1ccc(Cl)s1)N1CCCC1C(=O)NC. The highest BCUT2D eigenvalue weighted by Crippen LogP contribution is 2.37. The van der Waals surface area contributed by atoms with Gasteiger partial charge in [0.2, 0.25) is 5.91 Å². The van der Waals surface area contributed by atoms with E-state index in [1.165, 1.54) is 0 Å². The molecule has 112 valence electrons. The Morgan fingerprint density at radius 1 is 1.65 bits per heavy atom. The summed E-state index contributed by atoms with van der Waals surface area (Å²) in [6.07, 6.45) is 2.80. The number of carbonyl (C=O) groups is 1. The van der Waals surface area contributed by atoms with Gasteiger partial charge < -0.3 is 11.1 Å². The molecule has 4 nitrogen and oxygen atoms in total. The van der Waals surface area contributed by atoms with Gasteiger partial charge in [-0.1, -0.05) is 18.5 Å². The van der Waals surface area contributed by atoms with Crippen molar-refractivity contribution >= 4 is 28.8 Å². The highest BCUT2D eigenvalue weighted by molar-refractivity contribution is 7.16. The van der Waals surface area contributed by atoms with Gasteiger partial charge in [-0.15, -0.1) is 11.3 Å². The molecule has 0 saturated carbocycles. The monoisotopic (exact) mass is 315 g/mol. The van der Waals surface area contributed by atoms with Crippen LogP contribution in [0.4, 0.5) is 0 Å². The lowest BCUT2D eigenvalue weighted by molar-refractivity contribution is -0.125. The van der Waals surface area contributed by atoms with E-state index in [-0.39, 0.29) is 24.0 Å². The predicted molar refractivity (Wildman–Crippen MR) is 84.1 cm³/mol. The largest absolute Gasteiger partial charge is 0.358 e. The fraction of sp³-hybridized carbons (Fsp3) is 0.643. The van der Waals surface area contributed by atoms with E-state index < -0.39 is 0 Å². The molecular weight excluding hydrogens is 294 g/mol. The molecule has 20 heavy (non-hydrogen) atoms. The molecule has 0 aromatic carbocycles. The van der Waals surface area contributed by atoms with E-state index in [9.17, 15) is 4.79 Å². The van der Waals surface area contributed by atoms with Gasteiger partial charge in [-0.25, -0.2) is 0 Å². The van der Waals surface area contributed by atoms with Crippen molar-refractivity contribution < 1.29 is 4.79 Å². The molecule has 0 radical (unpaired) electrons. The number of likely N-dealkylation sites (tertiary alicyclic amines) is 1. The van der Waals surface area contributed by atoms with Gasteiger partial charge in [-0.05, 0) is 37.9 Å². The molecule has 2 heterocycles. The second-order valence-electron chi connectivity index (χ2n) is 5.17. The number of likely N-dealkylation sites (N-methyl/N-ethyl adjacent to an activating group) is 1. The van der Waals surface area contributed by atoms with Crippen molar-refractivity contribution in [3.63, 3.8) is 0 Å². The minimum absolute atomic E-state index is 0.00923. The first kappa shape index (κ1) is 15.8. The molecule has 1 aromatic heterocycles. The normalized spacial score (nSPS) is 22.7. The minimum Gasteiger partial charge on any atom is -0.358 e. The molecule has 0 spiro atoms. The zero-order chi connectivity index (χ0) is 14.7. The van der Waals surface area contributed by atoms with Crippen LogP contribution >= 0.6 is 22.9 Å². The summed E-state index contributed by atoms with van der Waals surface area (Å²) in [5.41, 5.74) is 6.33. The summed E-state index contributed by atoms with van der Waals surface area (Å²) in [5, 5.41) is 2.76. The van der Waals surface area contributed by atoms with Gasteiger partial charge >= 0.3 is 0 Å². The number of amides is 1. The maximum atomic E-state index is 12.1. The number of nitrogens with zero attached hydrogens (tertiary/aromatic N) is 1. The number of hydrogen-bond donors (Lipinski definition) is 2. The van der Waals surface area contributed by atoms with Gasteiger partial charge in [-0.2, -0.15) is 0 Å². The third-order valence-electron chi connectivity index (χ3n) is 3.96. The lowest BCUT2D eigenvalue weighted by atomic mass is 10.0. The Bertz CT molecular complexity index is 465. The van der Waals surface area contributed by atoms with Gasteiger partial charge in [0.25, 0.3) is 0 Å². The van der Waals surface area contributed by atoms with Crippen LogP contribution in [0.15, 0.2) is 12.1 Å². The van der Waals surface area contributed by atoms with Crippen LogP contribution in [0.25, 0.3) is 0 Å². The molecule has 1 aromatic rings. The van der Waals surface area contributed by atoms with E-state index in [0.29, 0.717) is 0 Å². The number of carbonyl (C=O) groups excluding carboxylic acids is 1. The molecule has 1 aliphatic rings. The van der Waals surface area contributed by atoms with Gasteiger partial charge in [-0.3, -0.25) is 9.69 Å². The molecule has 1 saturated heterocycles. The summed E-state index contributed by atoms with van der Waals surface area (Å²) < 4.78 is 0.768. The van der Waals surface area contributed by atoms with Crippen LogP contribution < -0.4 is 11.1 Å². The molecule has 3 atom stereocenters. The van der Waals surface area contributed by atoms with Crippen LogP contribution in [0.1, 0.15) is 37.1 Å². The molecule has 0 aliphatic carbocycles. The number of halogens is 1. The zero-order valence-electron chi connectivity index (χ0n) is 11.9. The van der Waals surface area contributed by atoms with Crippen LogP contribution in [0.2, 0.25) is 4.34 Å². The number of rotatable bonds is 5. The summed E-state index contributed by atoms with van der Waals surface area (Å²) in [6.45, 7) is 2.99. The maximum absolute atomic E-state index is 12.1. The van der Waals surface area contributed by atoms with Crippen LogP contribution in [0, 0.1) is 0 Å². The van der Waals surface area contributed by atoms with Crippen molar-refractivity contribution in [2.75, 3.05) is 13.6 Å². The van der Waals surface area contributed by atoms with Gasteiger partial charge in [0.05, 0.1) is 16.4 Å². The Morgan fingerprint density at radius 2 is 2.40 bits per heavy atom. The molecular formula is C14H22ClN3OS. The highest BCUT2D eigenvalue weighted by atomic mass is 35.5. The molecule has 1 fully saturated rings. The molecule has 1 amide bonds. The Balaban J connectivity index is 2.28. The number of nitrogens with one attached hydrogen (secondary N) is 1.